The van der Waals surface area contributed by atoms with Crippen LogP contribution in [-0.2, 0) is 14.8 Å². The van der Waals surface area contributed by atoms with E-state index in [-0.39, 0.29) is 35.0 Å². The molecule has 2 saturated heterocycles. The molecule has 2 atom stereocenters. The first-order valence-corrected chi connectivity index (χ1v) is 9.65. The summed E-state index contributed by atoms with van der Waals surface area (Å²) in [6.07, 6.45) is 0.898. The van der Waals surface area contributed by atoms with Crippen molar-refractivity contribution in [3.05, 3.63) is 24.0 Å². The molecule has 2 unspecified atom stereocenters. The maximum atomic E-state index is 14.3. The van der Waals surface area contributed by atoms with Gasteiger partial charge < -0.3 is 14.8 Å². The van der Waals surface area contributed by atoms with Gasteiger partial charge in [0.2, 0.25) is 10.0 Å². The van der Waals surface area contributed by atoms with Gasteiger partial charge in [-0.25, -0.2) is 12.8 Å². The standard InChI is InChI=1S/C16H23FN2O4S.ClH/c1-12-9-18-5-6-19(12)24(20,21)14-2-3-16(15(17)8-14)23-11-13-4-7-22-10-13;/h2-3,8,12-13,18H,4-7,9-11H2,1H3;1H. The van der Waals surface area contributed by atoms with E-state index < -0.39 is 15.8 Å². The minimum absolute atomic E-state index is 0. The van der Waals surface area contributed by atoms with Gasteiger partial charge in [0.05, 0.1) is 18.1 Å². The second-order valence-corrected chi connectivity index (χ2v) is 8.19. The molecule has 0 radical (unpaired) electrons. The van der Waals surface area contributed by atoms with E-state index in [4.69, 9.17) is 9.47 Å². The Morgan fingerprint density at radius 3 is 2.88 bits per heavy atom. The third-order valence-corrected chi connectivity index (χ3v) is 6.46. The molecular formula is C16H24ClFN2O4S. The lowest BCUT2D eigenvalue weighted by atomic mass is 10.1. The van der Waals surface area contributed by atoms with E-state index in [9.17, 15) is 12.8 Å². The Morgan fingerprint density at radius 2 is 2.24 bits per heavy atom. The summed E-state index contributed by atoms with van der Waals surface area (Å²) in [5.41, 5.74) is 0. The van der Waals surface area contributed by atoms with Crippen LogP contribution >= 0.6 is 12.4 Å². The monoisotopic (exact) mass is 394 g/mol. The van der Waals surface area contributed by atoms with Crippen molar-refractivity contribution in [1.29, 1.82) is 0 Å². The van der Waals surface area contributed by atoms with Gasteiger partial charge in [-0.15, -0.1) is 12.4 Å². The van der Waals surface area contributed by atoms with Crippen LogP contribution < -0.4 is 10.1 Å². The first-order valence-electron chi connectivity index (χ1n) is 8.21. The van der Waals surface area contributed by atoms with E-state index in [1.165, 1.54) is 16.4 Å². The molecule has 1 N–H and O–H groups in total. The van der Waals surface area contributed by atoms with Gasteiger partial charge in [0.15, 0.2) is 11.6 Å². The molecule has 0 amide bonds. The third kappa shape index (κ3) is 4.62. The number of rotatable bonds is 5. The number of sulfonamides is 1. The molecule has 142 valence electrons. The second-order valence-electron chi connectivity index (χ2n) is 6.30. The Balaban J connectivity index is 0.00000225. The Morgan fingerprint density at radius 1 is 1.44 bits per heavy atom. The van der Waals surface area contributed by atoms with Crippen LogP contribution in [0.4, 0.5) is 4.39 Å². The van der Waals surface area contributed by atoms with Gasteiger partial charge in [-0.3, -0.25) is 0 Å². The number of nitrogens with one attached hydrogen (secondary N) is 1. The Hall–Kier alpha value is -0.930. The van der Waals surface area contributed by atoms with Crippen LogP contribution in [0.25, 0.3) is 0 Å². The minimum atomic E-state index is -3.70. The molecule has 3 rings (SSSR count). The maximum absolute atomic E-state index is 14.3. The lowest BCUT2D eigenvalue weighted by Crippen LogP contribution is -2.52. The van der Waals surface area contributed by atoms with Crippen molar-refractivity contribution >= 4 is 22.4 Å². The summed E-state index contributed by atoms with van der Waals surface area (Å²) < 4.78 is 51.8. The number of nitrogens with zero attached hydrogens (tertiary/aromatic N) is 1. The molecule has 2 aliphatic heterocycles. The van der Waals surface area contributed by atoms with Gasteiger partial charge in [0, 0.05) is 38.2 Å². The van der Waals surface area contributed by atoms with Crippen LogP contribution in [0.5, 0.6) is 5.75 Å². The normalized spacial score (nSPS) is 24.7. The summed E-state index contributed by atoms with van der Waals surface area (Å²) in [6.45, 7) is 5.10. The van der Waals surface area contributed by atoms with Crippen molar-refractivity contribution in [3.8, 4) is 5.75 Å². The predicted molar refractivity (Wildman–Crippen MR) is 94.3 cm³/mol. The molecule has 0 spiro atoms. The highest BCUT2D eigenvalue weighted by atomic mass is 35.5. The quantitative estimate of drug-likeness (QED) is 0.822. The fourth-order valence-electron chi connectivity index (χ4n) is 3.00. The molecule has 2 heterocycles. The molecule has 1 aromatic carbocycles. The van der Waals surface area contributed by atoms with E-state index in [2.05, 4.69) is 5.32 Å². The first kappa shape index (κ1) is 20.4. The van der Waals surface area contributed by atoms with Crippen LogP contribution in [0.3, 0.4) is 0 Å². The van der Waals surface area contributed by atoms with E-state index in [1.54, 1.807) is 0 Å². The zero-order chi connectivity index (χ0) is 17.2. The highest BCUT2D eigenvalue weighted by molar-refractivity contribution is 7.89. The molecule has 0 bridgehead atoms. The first-order chi connectivity index (χ1) is 11.5. The molecule has 6 nitrogen and oxygen atoms in total. The summed E-state index contributed by atoms with van der Waals surface area (Å²) in [6, 6.07) is 3.69. The second kappa shape index (κ2) is 8.64. The largest absolute Gasteiger partial charge is 0.490 e. The SMILES string of the molecule is CC1CNCCN1S(=O)(=O)c1ccc(OCC2CCOC2)c(F)c1.Cl. The van der Waals surface area contributed by atoms with Gasteiger partial charge in [0.25, 0.3) is 0 Å². The third-order valence-electron chi connectivity index (χ3n) is 4.45. The fraction of sp³-hybridized carbons (Fsp3) is 0.625. The van der Waals surface area contributed by atoms with Crippen LogP contribution in [0.1, 0.15) is 13.3 Å². The van der Waals surface area contributed by atoms with E-state index in [0.29, 0.717) is 39.5 Å². The van der Waals surface area contributed by atoms with Gasteiger partial charge in [0.1, 0.15) is 0 Å². The van der Waals surface area contributed by atoms with E-state index in [0.717, 1.165) is 12.5 Å². The zero-order valence-corrected chi connectivity index (χ0v) is 15.7. The average Bonchev–Trinajstić information content (AvgIpc) is 3.07. The summed E-state index contributed by atoms with van der Waals surface area (Å²) in [5, 5.41) is 3.14. The number of hydrogen-bond acceptors (Lipinski definition) is 5. The molecule has 0 aliphatic carbocycles. The molecule has 25 heavy (non-hydrogen) atoms. The highest BCUT2D eigenvalue weighted by Gasteiger charge is 2.31. The van der Waals surface area contributed by atoms with Crippen LogP contribution in [-0.4, -0.2) is 58.2 Å². The Labute approximate surface area is 154 Å². The molecule has 0 saturated carbocycles. The molecule has 1 aromatic rings. The number of hydrogen-bond donors (Lipinski definition) is 1. The van der Waals surface area contributed by atoms with Crippen LogP contribution in [0.2, 0.25) is 0 Å². The number of benzene rings is 1. The minimum Gasteiger partial charge on any atom is -0.490 e. The molecule has 0 aromatic heterocycles. The van der Waals surface area contributed by atoms with Crippen LogP contribution in [0.15, 0.2) is 23.1 Å². The Kier molecular flexibility index (Phi) is 7.04. The van der Waals surface area contributed by atoms with Crippen molar-refractivity contribution in [2.75, 3.05) is 39.5 Å². The maximum Gasteiger partial charge on any atom is 0.243 e. The zero-order valence-electron chi connectivity index (χ0n) is 14.1. The Bertz CT molecular complexity index is 683. The van der Waals surface area contributed by atoms with Gasteiger partial charge in [-0.1, -0.05) is 0 Å². The number of ether oxygens (including phenoxy) is 2. The summed E-state index contributed by atoms with van der Waals surface area (Å²) in [7, 11) is -3.70. The van der Waals surface area contributed by atoms with Crippen molar-refractivity contribution in [2.45, 2.75) is 24.3 Å². The molecule has 9 heteroatoms. The van der Waals surface area contributed by atoms with E-state index in [1.807, 2.05) is 6.92 Å². The van der Waals surface area contributed by atoms with Crippen molar-refractivity contribution in [1.82, 2.24) is 9.62 Å². The van der Waals surface area contributed by atoms with Crippen molar-refractivity contribution in [3.63, 3.8) is 0 Å². The summed E-state index contributed by atoms with van der Waals surface area (Å²) >= 11 is 0. The average molecular weight is 395 g/mol. The number of halogens is 2. The van der Waals surface area contributed by atoms with Crippen molar-refractivity contribution < 1.29 is 22.3 Å². The fourth-order valence-corrected chi connectivity index (χ4v) is 4.64. The number of piperazine rings is 1. The lowest BCUT2D eigenvalue weighted by Gasteiger charge is -2.32. The highest BCUT2D eigenvalue weighted by Crippen LogP contribution is 2.26. The van der Waals surface area contributed by atoms with Crippen molar-refractivity contribution in [2.24, 2.45) is 5.92 Å². The summed E-state index contributed by atoms with van der Waals surface area (Å²) in [5.74, 6) is -0.318. The molecule has 2 aliphatic rings. The predicted octanol–water partition coefficient (Wildman–Crippen LogP) is 1.65. The van der Waals surface area contributed by atoms with Crippen LogP contribution in [0, 0.1) is 11.7 Å². The topological polar surface area (TPSA) is 67.9 Å². The molecular weight excluding hydrogens is 371 g/mol. The lowest BCUT2D eigenvalue weighted by molar-refractivity contribution is 0.165. The summed E-state index contributed by atoms with van der Waals surface area (Å²) in [4.78, 5) is -0.0368. The van der Waals surface area contributed by atoms with Gasteiger partial charge >= 0.3 is 0 Å². The van der Waals surface area contributed by atoms with E-state index >= 15 is 0 Å². The van der Waals surface area contributed by atoms with Gasteiger partial charge in [-0.05, 0) is 31.5 Å². The van der Waals surface area contributed by atoms with Gasteiger partial charge in [-0.2, -0.15) is 4.31 Å². The smallest absolute Gasteiger partial charge is 0.243 e. The molecule has 2 fully saturated rings.